The number of carbonyl (C=O) groups excluding carboxylic acids is 2. The zero-order chi connectivity index (χ0) is 10.9. The molecule has 0 radical (unpaired) electrons. The Morgan fingerprint density at radius 3 is 2.57 bits per heavy atom. The fourth-order valence-corrected chi connectivity index (χ4v) is 1.69. The SMILES string of the molecule is CC(C)C1(C)CCC(C(=O)Cl)OC1=O. The molecule has 0 aromatic heterocycles. The van der Waals surface area contributed by atoms with Gasteiger partial charge in [-0.05, 0) is 37.3 Å². The third kappa shape index (κ3) is 1.92. The van der Waals surface area contributed by atoms with Crippen LogP contribution in [0.2, 0.25) is 0 Å². The second-order valence-electron chi connectivity index (χ2n) is 4.31. The van der Waals surface area contributed by atoms with Crippen LogP contribution in [0.1, 0.15) is 33.6 Å². The molecule has 2 unspecified atom stereocenters. The Labute approximate surface area is 88.8 Å². The Morgan fingerprint density at radius 2 is 2.21 bits per heavy atom. The lowest BCUT2D eigenvalue weighted by Crippen LogP contribution is -2.44. The summed E-state index contributed by atoms with van der Waals surface area (Å²) in [6, 6.07) is 0. The number of esters is 1. The summed E-state index contributed by atoms with van der Waals surface area (Å²) in [5.41, 5.74) is -0.469. The van der Waals surface area contributed by atoms with E-state index < -0.39 is 16.8 Å². The number of hydrogen-bond donors (Lipinski definition) is 0. The second-order valence-corrected chi connectivity index (χ2v) is 4.68. The molecular weight excluding hydrogens is 204 g/mol. The first-order chi connectivity index (χ1) is 6.38. The molecule has 1 rings (SSSR count). The van der Waals surface area contributed by atoms with Gasteiger partial charge in [-0.25, -0.2) is 0 Å². The summed E-state index contributed by atoms with van der Waals surface area (Å²) < 4.78 is 5.00. The number of halogens is 1. The van der Waals surface area contributed by atoms with E-state index in [0.29, 0.717) is 12.8 Å². The topological polar surface area (TPSA) is 43.4 Å². The molecule has 80 valence electrons. The Kier molecular flexibility index (Phi) is 3.20. The zero-order valence-electron chi connectivity index (χ0n) is 8.67. The van der Waals surface area contributed by atoms with Gasteiger partial charge in [-0.15, -0.1) is 0 Å². The largest absolute Gasteiger partial charge is 0.453 e. The average Bonchev–Trinajstić information content (AvgIpc) is 2.09. The standard InChI is InChI=1S/C10H15ClO3/c1-6(2)10(3)5-4-7(8(11)12)14-9(10)13/h6-7H,4-5H2,1-3H3. The maximum absolute atomic E-state index is 11.6. The van der Waals surface area contributed by atoms with Crippen molar-refractivity contribution in [2.24, 2.45) is 11.3 Å². The minimum Gasteiger partial charge on any atom is -0.453 e. The molecule has 0 saturated carbocycles. The van der Waals surface area contributed by atoms with Crippen LogP contribution in [0.15, 0.2) is 0 Å². The second kappa shape index (κ2) is 3.89. The van der Waals surface area contributed by atoms with Gasteiger partial charge in [0, 0.05) is 0 Å². The number of carbonyl (C=O) groups is 2. The van der Waals surface area contributed by atoms with Gasteiger partial charge >= 0.3 is 5.97 Å². The van der Waals surface area contributed by atoms with E-state index in [9.17, 15) is 9.59 Å². The quantitative estimate of drug-likeness (QED) is 0.527. The number of rotatable bonds is 2. The van der Waals surface area contributed by atoms with Crippen molar-refractivity contribution >= 4 is 22.8 Å². The van der Waals surface area contributed by atoms with Gasteiger partial charge in [0.2, 0.25) is 0 Å². The van der Waals surface area contributed by atoms with Crippen LogP contribution in [0.5, 0.6) is 0 Å². The molecule has 0 spiro atoms. The monoisotopic (exact) mass is 218 g/mol. The molecule has 0 N–H and O–H groups in total. The van der Waals surface area contributed by atoms with Gasteiger partial charge in [0.1, 0.15) is 0 Å². The van der Waals surface area contributed by atoms with Crippen LogP contribution in [0.3, 0.4) is 0 Å². The van der Waals surface area contributed by atoms with Gasteiger partial charge in [0.05, 0.1) is 5.41 Å². The molecule has 0 aromatic rings. The van der Waals surface area contributed by atoms with Crippen LogP contribution < -0.4 is 0 Å². The van der Waals surface area contributed by atoms with Gasteiger partial charge in [0.25, 0.3) is 5.24 Å². The van der Waals surface area contributed by atoms with Crippen LogP contribution in [-0.2, 0) is 14.3 Å². The third-order valence-electron chi connectivity index (χ3n) is 3.17. The Morgan fingerprint density at radius 1 is 1.64 bits per heavy atom. The number of ether oxygens (including phenoxy) is 1. The summed E-state index contributed by atoms with van der Waals surface area (Å²) in [7, 11) is 0. The van der Waals surface area contributed by atoms with E-state index >= 15 is 0 Å². The van der Waals surface area contributed by atoms with Gasteiger partial charge in [-0.3, -0.25) is 9.59 Å². The summed E-state index contributed by atoms with van der Waals surface area (Å²) in [6.07, 6.45) is 0.450. The molecule has 1 heterocycles. The fourth-order valence-electron chi connectivity index (χ4n) is 1.54. The molecule has 0 bridgehead atoms. The third-order valence-corrected chi connectivity index (χ3v) is 3.41. The summed E-state index contributed by atoms with van der Waals surface area (Å²) in [5, 5.41) is -0.579. The van der Waals surface area contributed by atoms with Gasteiger partial charge < -0.3 is 4.74 Å². The molecule has 0 amide bonds. The molecule has 1 aliphatic heterocycles. The molecule has 1 fully saturated rings. The van der Waals surface area contributed by atoms with Crippen molar-refractivity contribution < 1.29 is 14.3 Å². The molecule has 4 heteroatoms. The summed E-state index contributed by atoms with van der Waals surface area (Å²) in [4.78, 5) is 22.5. The van der Waals surface area contributed by atoms with E-state index in [1.165, 1.54) is 0 Å². The molecule has 0 aromatic carbocycles. The molecular formula is C10H15ClO3. The van der Waals surface area contributed by atoms with Gasteiger partial charge in [-0.2, -0.15) is 0 Å². The van der Waals surface area contributed by atoms with E-state index in [-0.39, 0.29) is 11.9 Å². The highest BCUT2D eigenvalue weighted by molar-refractivity contribution is 6.64. The lowest BCUT2D eigenvalue weighted by Gasteiger charge is -2.37. The van der Waals surface area contributed by atoms with Crippen molar-refractivity contribution in [3.63, 3.8) is 0 Å². The molecule has 1 aliphatic rings. The van der Waals surface area contributed by atoms with Gasteiger partial charge in [-0.1, -0.05) is 13.8 Å². The highest BCUT2D eigenvalue weighted by atomic mass is 35.5. The Bertz CT molecular complexity index is 262. The highest BCUT2D eigenvalue weighted by Gasteiger charge is 2.44. The summed E-state index contributed by atoms with van der Waals surface area (Å²) >= 11 is 5.28. The smallest absolute Gasteiger partial charge is 0.312 e. The predicted octanol–water partition coefficient (Wildman–Crippen LogP) is 2.12. The van der Waals surface area contributed by atoms with Gasteiger partial charge in [0.15, 0.2) is 6.10 Å². The van der Waals surface area contributed by atoms with Crippen molar-refractivity contribution in [2.75, 3.05) is 0 Å². The molecule has 2 atom stereocenters. The lowest BCUT2D eigenvalue weighted by molar-refractivity contribution is -0.174. The Hall–Kier alpha value is -0.570. The minimum absolute atomic E-state index is 0.210. The predicted molar refractivity (Wildman–Crippen MR) is 52.9 cm³/mol. The normalized spacial score (nSPS) is 32.9. The van der Waals surface area contributed by atoms with E-state index in [1.54, 1.807) is 0 Å². The molecule has 14 heavy (non-hydrogen) atoms. The Balaban J connectivity index is 2.74. The van der Waals surface area contributed by atoms with Crippen molar-refractivity contribution in [3.8, 4) is 0 Å². The van der Waals surface area contributed by atoms with E-state index in [1.807, 2.05) is 20.8 Å². The minimum atomic E-state index is -0.740. The van der Waals surface area contributed by atoms with E-state index in [2.05, 4.69) is 0 Å². The number of cyclic esters (lactones) is 1. The van der Waals surface area contributed by atoms with Crippen LogP contribution in [-0.4, -0.2) is 17.3 Å². The molecule has 3 nitrogen and oxygen atoms in total. The zero-order valence-corrected chi connectivity index (χ0v) is 9.43. The lowest BCUT2D eigenvalue weighted by atomic mass is 9.73. The van der Waals surface area contributed by atoms with E-state index in [0.717, 1.165) is 0 Å². The van der Waals surface area contributed by atoms with Crippen molar-refractivity contribution in [1.82, 2.24) is 0 Å². The van der Waals surface area contributed by atoms with Crippen LogP contribution in [0.4, 0.5) is 0 Å². The van der Waals surface area contributed by atoms with Crippen LogP contribution in [0.25, 0.3) is 0 Å². The summed E-state index contributed by atoms with van der Waals surface area (Å²) in [5.74, 6) is -0.0980. The number of hydrogen-bond acceptors (Lipinski definition) is 3. The first kappa shape index (κ1) is 11.5. The average molecular weight is 219 g/mol. The maximum atomic E-state index is 11.6. The first-order valence-corrected chi connectivity index (χ1v) is 5.16. The van der Waals surface area contributed by atoms with Crippen LogP contribution in [0, 0.1) is 11.3 Å². The summed E-state index contributed by atoms with van der Waals surface area (Å²) in [6.45, 7) is 5.82. The van der Waals surface area contributed by atoms with E-state index in [4.69, 9.17) is 16.3 Å². The van der Waals surface area contributed by atoms with Crippen molar-refractivity contribution in [2.45, 2.75) is 39.7 Å². The fraction of sp³-hybridized carbons (Fsp3) is 0.800. The maximum Gasteiger partial charge on any atom is 0.312 e. The van der Waals surface area contributed by atoms with Crippen LogP contribution >= 0.6 is 11.6 Å². The molecule has 0 aliphatic carbocycles. The molecule has 1 saturated heterocycles. The van der Waals surface area contributed by atoms with Crippen molar-refractivity contribution in [3.05, 3.63) is 0 Å². The highest BCUT2D eigenvalue weighted by Crippen LogP contribution is 2.38. The first-order valence-electron chi connectivity index (χ1n) is 4.78. The van der Waals surface area contributed by atoms with Crippen molar-refractivity contribution in [1.29, 1.82) is 0 Å².